The summed E-state index contributed by atoms with van der Waals surface area (Å²) in [7, 11) is 0. The molecule has 1 aliphatic heterocycles. The van der Waals surface area contributed by atoms with Gasteiger partial charge in [0.1, 0.15) is 5.78 Å². The third-order valence-corrected chi connectivity index (χ3v) is 8.03. The number of aromatic nitrogens is 2. The Labute approximate surface area is 249 Å². The normalized spacial score (nSPS) is 14.1. The molecule has 1 aromatic heterocycles. The van der Waals surface area contributed by atoms with Crippen molar-refractivity contribution >= 4 is 45.7 Å². The molecule has 0 aliphatic carbocycles. The maximum atomic E-state index is 13.4. The fourth-order valence-electron chi connectivity index (χ4n) is 5.48. The molecule has 0 N–H and O–H groups in total. The summed E-state index contributed by atoms with van der Waals surface area (Å²) < 4.78 is 1.34. The highest BCUT2D eigenvalue weighted by Crippen LogP contribution is 2.27. The van der Waals surface area contributed by atoms with Gasteiger partial charge in [-0.3, -0.25) is 23.7 Å². The lowest BCUT2D eigenvalue weighted by molar-refractivity contribution is -0.129. The standard InChI is InChI=1S/C33H33ClN4O4/c1-23(39)36-13-15-37(16-14-36)28-11-12-32-31(20-28)33(42)38(22-35-32)21-30(41)19-26(25-7-9-27(34)10-8-25)18-29(40)17-24-5-3-2-4-6-24/h2-12,20,22,26H,13-19,21H2,1H3. The zero-order chi connectivity index (χ0) is 29.6. The second-order valence-corrected chi connectivity index (χ2v) is 11.2. The van der Waals surface area contributed by atoms with Crippen LogP contribution >= 0.6 is 11.6 Å². The maximum Gasteiger partial charge on any atom is 0.261 e. The topological polar surface area (TPSA) is 92.6 Å². The molecular weight excluding hydrogens is 552 g/mol. The number of fused-ring (bicyclic) bond motifs is 1. The molecule has 0 radical (unpaired) electrons. The number of rotatable bonds is 10. The Morgan fingerprint density at radius 1 is 0.881 bits per heavy atom. The monoisotopic (exact) mass is 584 g/mol. The van der Waals surface area contributed by atoms with E-state index in [2.05, 4.69) is 9.88 Å². The molecule has 1 saturated heterocycles. The molecule has 8 nitrogen and oxygen atoms in total. The van der Waals surface area contributed by atoms with Crippen LogP contribution in [0.5, 0.6) is 0 Å². The number of halogens is 1. The Bertz CT molecular complexity index is 1640. The van der Waals surface area contributed by atoms with Gasteiger partial charge in [0.05, 0.1) is 23.8 Å². The average Bonchev–Trinajstić information content (AvgIpc) is 2.99. The van der Waals surface area contributed by atoms with Crippen LogP contribution in [0.25, 0.3) is 10.9 Å². The van der Waals surface area contributed by atoms with Gasteiger partial charge in [0.15, 0.2) is 5.78 Å². The van der Waals surface area contributed by atoms with Crippen LogP contribution in [0.1, 0.15) is 36.8 Å². The van der Waals surface area contributed by atoms with Crippen LogP contribution in [0.15, 0.2) is 83.9 Å². The number of piperazine rings is 1. The molecule has 1 aliphatic rings. The molecule has 5 rings (SSSR count). The summed E-state index contributed by atoms with van der Waals surface area (Å²) in [5.74, 6) is -0.406. The second-order valence-electron chi connectivity index (χ2n) is 10.8. The van der Waals surface area contributed by atoms with Gasteiger partial charge in [-0.05, 0) is 47.4 Å². The van der Waals surface area contributed by atoms with Gasteiger partial charge >= 0.3 is 0 Å². The van der Waals surface area contributed by atoms with E-state index in [1.165, 1.54) is 10.9 Å². The number of carbonyl (C=O) groups is 3. The highest BCUT2D eigenvalue weighted by molar-refractivity contribution is 6.30. The molecule has 0 bridgehead atoms. The Morgan fingerprint density at radius 3 is 2.26 bits per heavy atom. The predicted octanol–water partition coefficient (Wildman–Crippen LogP) is 4.66. The van der Waals surface area contributed by atoms with Crippen LogP contribution in [0.3, 0.4) is 0 Å². The molecule has 1 atom stereocenters. The lowest BCUT2D eigenvalue weighted by atomic mass is 9.87. The van der Waals surface area contributed by atoms with Crippen molar-refractivity contribution in [3.63, 3.8) is 0 Å². The first-order valence-electron chi connectivity index (χ1n) is 14.1. The maximum absolute atomic E-state index is 13.4. The summed E-state index contributed by atoms with van der Waals surface area (Å²) in [5, 5.41) is 1.01. The zero-order valence-corrected chi connectivity index (χ0v) is 24.3. The van der Waals surface area contributed by atoms with Gasteiger partial charge in [0.25, 0.3) is 5.56 Å². The number of Topliss-reactive ketones (excluding diaryl/α,β-unsaturated/α-hetero) is 2. The molecule has 216 valence electrons. The number of hydrogen-bond acceptors (Lipinski definition) is 6. The molecule has 0 spiro atoms. The van der Waals surface area contributed by atoms with Crippen LogP contribution in [0.4, 0.5) is 5.69 Å². The predicted molar refractivity (Wildman–Crippen MR) is 164 cm³/mol. The van der Waals surface area contributed by atoms with Crippen molar-refractivity contribution < 1.29 is 14.4 Å². The van der Waals surface area contributed by atoms with Crippen molar-refractivity contribution in [1.82, 2.24) is 14.5 Å². The lowest BCUT2D eigenvalue weighted by Crippen LogP contribution is -2.48. The number of ketones is 2. The fraction of sp³-hybridized carbons (Fsp3) is 0.303. The number of hydrogen-bond donors (Lipinski definition) is 0. The quantitative estimate of drug-likeness (QED) is 0.269. The Hall–Kier alpha value is -4.30. The van der Waals surface area contributed by atoms with E-state index in [0.717, 1.165) is 16.8 Å². The highest BCUT2D eigenvalue weighted by atomic mass is 35.5. The van der Waals surface area contributed by atoms with Crippen molar-refractivity contribution in [3.8, 4) is 0 Å². The van der Waals surface area contributed by atoms with Gasteiger partial charge < -0.3 is 9.80 Å². The smallest absolute Gasteiger partial charge is 0.261 e. The fourth-order valence-corrected chi connectivity index (χ4v) is 5.60. The van der Waals surface area contributed by atoms with Gasteiger partial charge in [0, 0.05) is 63.1 Å². The van der Waals surface area contributed by atoms with E-state index in [-0.39, 0.29) is 48.3 Å². The molecule has 4 aromatic rings. The van der Waals surface area contributed by atoms with Crippen LogP contribution in [0.2, 0.25) is 5.02 Å². The van der Waals surface area contributed by atoms with Gasteiger partial charge in [-0.1, -0.05) is 54.1 Å². The van der Waals surface area contributed by atoms with Gasteiger partial charge in [-0.15, -0.1) is 0 Å². The first kappa shape index (κ1) is 29.2. The first-order valence-corrected chi connectivity index (χ1v) is 14.5. The number of amides is 1. The third kappa shape index (κ3) is 7.12. The van der Waals surface area contributed by atoms with E-state index in [1.54, 1.807) is 19.1 Å². The van der Waals surface area contributed by atoms with Crippen LogP contribution in [0, 0.1) is 0 Å². The Kier molecular flexibility index (Phi) is 9.12. The van der Waals surface area contributed by atoms with Crippen molar-refractivity contribution in [3.05, 3.63) is 106 Å². The minimum absolute atomic E-state index is 0.0372. The average molecular weight is 585 g/mol. The first-order chi connectivity index (χ1) is 20.3. The number of nitrogens with zero attached hydrogens (tertiary/aromatic N) is 4. The van der Waals surface area contributed by atoms with Gasteiger partial charge in [-0.25, -0.2) is 4.98 Å². The summed E-state index contributed by atoms with van der Waals surface area (Å²) >= 11 is 6.09. The van der Waals surface area contributed by atoms with E-state index < -0.39 is 0 Å². The van der Waals surface area contributed by atoms with E-state index in [1.807, 2.05) is 65.6 Å². The van der Waals surface area contributed by atoms with E-state index >= 15 is 0 Å². The zero-order valence-electron chi connectivity index (χ0n) is 23.5. The van der Waals surface area contributed by atoms with Crippen molar-refractivity contribution in [2.75, 3.05) is 31.1 Å². The van der Waals surface area contributed by atoms with Crippen molar-refractivity contribution in [2.45, 2.75) is 38.6 Å². The second kappa shape index (κ2) is 13.1. The molecule has 1 unspecified atom stereocenters. The van der Waals surface area contributed by atoms with Crippen LogP contribution in [-0.2, 0) is 27.3 Å². The summed E-state index contributed by atoms with van der Waals surface area (Å²) in [6, 6.07) is 22.3. The summed E-state index contributed by atoms with van der Waals surface area (Å²) in [6.07, 6.45) is 2.01. The molecule has 2 heterocycles. The number of benzene rings is 3. The van der Waals surface area contributed by atoms with Crippen molar-refractivity contribution in [1.29, 1.82) is 0 Å². The minimum Gasteiger partial charge on any atom is -0.368 e. The number of carbonyl (C=O) groups excluding carboxylic acids is 3. The SMILES string of the molecule is CC(=O)N1CCN(c2ccc3ncn(CC(=O)CC(CC(=O)Cc4ccccc4)c4ccc(Cl)cc4)c(=O)c3c2)CC1. The third-order valence-electron chi connectivity index (χ3n) is 7.78. The van der Waals surface area contributed by atoms with Gasteiger partial charge in [0.2, 0.25) is 5.91 Å². The van der Waals surface area contributed by atoms with E-state index in [9.17, 15) is 19.2 Å². The summed E-state index contributed by atoms with van der Waals surface area (Å²) in [6.45, 7) is 4.03. The Morgan fingerprint density at radius 2 is 1.57 bits per heavy atom. The molecule has 9 heteroatoms. The highest BCUT2D eigenvalue weighted by Gasteiger charge is 2.22. The van der Waals surface area contributed by atoms with Crippen LogP contribution < -0.4 is 10.5 Å². The molecule has 1 fully saturated rings. The van der Waals surface area contributed by atoms with E-state index in [4.69, 9.17) is 11.6 Å². The lowest BCUT2D eigenvalue weighted by Gasteiger charge is -2.35. The van der Waals surface area contributed by atoms with Gasteiger partial charge in [-0.2, -0.15) is 0 Å². The summed E-state index contributed by atoms with van der Waals surface area (Å²) in [4.78, 5) is 59.8. The Balaban J connectivity index is 1.31. The molecule has 1 amide bonds. The molecule has 3 aromatic carbocycles. The minimum atomic E-state index is -0.338. The van der Waals surface area contributed by atoms with E-state index in [0.29, 0.717) is 48.5 Å². The largest absolute Gasteiger partial charge is 0.368 e. The number of anilines is 1. The van der Waals surface area contributed by atoms with Crippen LogP contribution in [-0.4, -0.2) is 58.1 Å². The summed E-state index contributed by atoms with van der Waals surface area (Å²) in [5.41, 5.74) is 2.93. The molecular formula is C33H33ClN4O4. The molecule has 0 saturated carbocycles. The molecule has 42 heavy (non-hydrogen) atoms. The van der Waals surface area contributed by atoms with Crippen molar-refractivity contribution in [2.24, 2.45) is 0 Å².